The highest BCUT2D eigenvalue weighted by atomic mass is 79.9. The molecule has 0 aromatic heterocycles. The van der Waals surface area contributed by atoms with Gasteiger partial charge in [-0.25, -0.2) is 13.1 Å². The van der Waals surface area contributed by atoms with Gasteiger partial charge in [0.1, 0.15) is 4.90 Å². The predicted molar refractivity (Wildman–Crippen MR) is 74.2 cm³/mol. The summed E-state index contributed by atoms with van der Waals surface area (Å²) in [5.41, 5.74) is -0.599. The molecule has 0 saturated heterocycles. The van der Waals surface area contributed by atoms with Crippen LogP contribution < -0.4 is 4.72 Å². The predicted octanol–water partition coefficient (Wildman–Crippen LogP) is 3.83. The molecule has 0 bridgehead atoms. The molecule has 1 N–H and O–H groups in total. The number of hydrogen-bond acceptors (Lipinski definition) is 2. The van der Waals surface area contributed by atoms with Crippen LogP contribution in [0.4, 0.5) is 0 Å². The van der Waals surface area contributed by atoms with E-state index in [0.29, 0.717) is 4.47 Å². The van der Waals surface area contributed by atoms with Crippen LogP contribution in [0.15, 0.2) is 21.5 Å². The molecule has 0 heterocycles. The van der Waals surface area contributed by atoms with E-state index in [9.17, 15) is 8.42 Å². The first-order valence-electron chi connectivity index (χ1n) is 4.71. The summed E-state index contributed by atoms with van der Waals surface area (Å²) in [6.45, 7) is 5.22. The van der Waals surface area contributed by atoms with Crippen molar-refractivity contribution in [3.05, 3.63) is 26.7 Å². The second-order valence-electron chi connectivity index (χ2n) is 4.55. The molecule has 0 aliphatic carbocycles. The van der Waals surface area contributed by atoms with Crippen LogP contribution >= 0.6 is 39.1 Å². The molecule has 0 unspecified atom stereocenters. The largest absolute Gasteiger partial charge is 0.244 e. The molecule has 0 fully saturated rings. The summed E-state index contributed by atoms with van der Waals surface area (Å²) in [7, 11) is -3.73. The van der Waals surface area contributed by atoms with E-state index in [1.54, 1.807) is 20.8 Å². The molecule has 96 valence electrons. The average molecular weight is 361 g/mol. The molecule has 1 rings (SSSR count). The van der Waals surface area contributed by atoms with Crippen LogP contribution in [-0.2, 0) is 10.0 Å². The maximum atomic E-state index is 12.1. The lowest BCUT2D eigenvalue weighted by molar-refractivity contribution is 0.491. The van der Waals surface area contributed by atoms with Gasteiger partial charge in [0.25, 0.3) is 0 Å². The van der Waals surface area contributed by atoms with Gasteiger partial charge < -0.3 is 0 Å². The zero-order chi connectivity index (χ0) is 13.4. The molecule has 0 saturated carbocycles. The zero-order valence-electron chi connectivity index (χ0n) is 9.51. The molecular weight excluding hydrogens is 349 g/mol. The molecule has 0 radical (unpaired) electrons. The molecule has 0 amide bonds. The van der Waals surface area contributed by atoms with Crippen LogP contribution in [0.2, 0.25) is 10.0 Å². The Hall–Kier alpha value is 0.190. The fourth-order valence-electron chi connectivity index (χ4n) is 1.24. The smallest absolute Gasteiger partial charge is 0.207 e. The van der Waals surface area contributed by atoms with E-state index >= 15 is 0 Å². The van der Waals surface area contributed by atoms with Crippen molar-refractivity contribution in [1.29, 1.82) is 0 Å². The fraction of sp³-hybridized carbons (Fsp3) is 0.400. The van der Waals surface area contributed by atoms with E-state index in [2.05, 4.69) is 20.7 Å². The molecule has 1 aromatic carbocycles. The van der Waals surface area contributed by atoms with Gasteiger partial charge in [-0.05, 0) is 32.9 Å². The third-order valence-electron chi connectivity index (χ3n) is 1.67. The number of hydrogen-bond donors (Lipinski definition) is 1. The standard InChI is InChI=1S/C10H12BrCl2NO2S/c1-10(2,3)14-17(15,16)9-7(12)4-6(11)5-8(9)13/h4-5,14H,1-3H3. The van der Waals surface area contributed by atoms with Crippen molar-refractivity contribution in [1.82, 2.24) is 4.72 Å². The van der Waals surface area contributed by atoms with Crippen molar-refractivity contribution in [3.8, 4) is 0 Å². The first-order chi connectivity index (χ1) is 7.53. The van der Waals surface area contributed by atoms with Crippen LogP contribution in [0.1, 0.15) is 20.8 Å². The lowest BCUT2D eigenvalue weighted by atomic mass is 10.1. The van der Waals surface area contributed by atoms with Gasteiger partial charge in [0.05, 0.1) is 10.0 Å². The third kappa shape index (κ3) is 4.10. The maximum absolute atomic E-state index is 12.1. The molecule has 3 nitrogen and oxygen atoms in total. The van der Waals surface area contributed by atoms with Gasteiger partial charge in [0.15, 0.2) is 0 Å². The second-order valence-corrected chi connectivity index (χ2v) is 7.90. The number of halogens is 3. The second kappa shape index (κ2) is 5.05. The summed E-state index contributed by atoms with van der Waals surface area (Å²) in [6, 6.07) is 2.98. The minimum Gasteiger partial charge on any atom is -0.207 e. The summed E-state index contributed by atoms with van der Waals surface area (Å²) >= 11 is 15.0. The van der Waals surface area contributed by atoms with Crippen molar-refractivity contribution in [2.45, 2.75) is 31.2 Å². The Morgan fingerprint density at radius 3 is 1.94 bits per heavy atom. The fourth-order valence-corrected chi connectivity index (χ4v) is 4.60. The van der Waals surface area contributed by atoms with Gasteiger partial charge >= 0.3 is 0 Å². The van der Waals surface area contributed by atoms with Crippen molar-refractivity contribution in [2.75, 3.05) is 0 Å². The Kier molecular flexibility index (Phi) is 4.53. The number of rotatable bonds is 2. The first kappa shape index (κ1) is 15.2. The molecule has 17 heavy (non-hydrogen) atoms. The Morgan fingerprint density at radius 1 is 1.18 bits per heavy atom. The normalized spacial score (nSPS) is 12.8. The van der Waals surface area contributed by atoms with Gasteiger partial charge in [-0.1, -0.05) is 39.1 Å². The number of benzene rings is 1. The molecule has 0 aliphatic rings. The maximum Gasteiger partial charge on any atom is 0.244 e. The molecule has 7 heteroatoms. The van der Waals surface area contributed by atoms with Gasteiger partial charge in [0.2, 0.25) is 10.0 Å². The van der Waals surface area contributed by atoms with Crippen LogP contribution in [0.25, 0.3) is 0 Å². The molecule has 0 aliphatic heterocycles. The Bertz CT molecular complexity index is 515. The van der Waals surface area contributed by atoms with E-state index < -0.39 is 15.6 Å². The average Bonchev–Trinajstić information content (AvgIpc) is 1.93. The summed E-state index contributed by atoms with van der Waals surface area (Å²) in [6.07, 6.45) is 0. The third-order valence-corrected chi connectivity index (χ3v) is 4.81. The minimum atomic E-state index is -3.73. The summed E-state index contributed by atoms with van der Waals surface area (Å²) in [4.78, 5) is -0.0982. The van der Waals surface area contributed by atoms with E-state index in [1.165, 1.54) is 12.1 Å². The Balaban J connectivity index is 3.35. The van der Waals surface area contributed by atoms with Gasteiger partial charge in [-0.2, -0.15) is 0 Å². The minimum absolute atomic E-state index is 0.0844. The van der Waals surface area contributed by atoms with E-state index in [1.807, 2.05) is 0 Å². The monoisotopic (exact) mass is 359 g/mol. The zero-order valence-corrected chi connectivity index (χ0v) is 13.4. The van der Waals surface area contributed by atoms with Gasteiger partial charge in [0, 0.05) is 10.0 Å². The van der Waals surface area contributed by atoms with Crippen LogP contribution in [0, 0.1) is 0 Å². The lowest BCUT2D eigenvalue weighted by Crippen LogP contribution is -2.40. The highest BCUT2D eigenvalue weighted by Crippen LogP contribution is 2.33. The SMILES string of the molecule is CC(C)(C)NS(=O)(=O)c1c(Cl)cc(Br)cc1Cl. The Labute approximate surface area is 120 Å². The van der Waals surface area contributed by atoms with Crippen LogP contribution in [-0.4, -0.2) is 14.0 Å². The van der Waals surface area contributed by atoms with E-state index in [0.717, 1.165) is 0 Å². The molecular formula is C10H12BrCl2NO2S. The lowest BCUT2D eigenvalue weighted by Gasteiger charge is -2.21. The van der Waals surface area contributed by atoms with Gasteiger partial charge in [-0.3, -0.25) is 0 Å². The molecule has 0 atom stereocenters. The van der Waals surface area contributed by atoms with Gasteiger partial charge in [-0.15, -0.1) is 0 Å². The van der Waals surface area contributed by atoms with Crippen LogP contribution in [0.3, 0.4) is 0 Å². The van der Waals surface area contributed by atoms with Crippen molar-refractivity contribution < 1.29 is 8.42 Å². The number of sulfonamides is 1. The molecule has 1 aromatic rings. The highest BCUT2D eigenvalue weighted by Gasteiger charge is 2.26. The van der Waals surface area contributed by atoms with E-state index in [-0.39, 0.29) is 14.9 Å². The summed E-state index contributed by atoms with van der Waals surface area (Å²) in [5.74, 6) is 0. The van der Waals surface area contributed by atoms with Crippen molar-refractivity contribution >= 4 is 49.2 Å². The summed E-state index contributed by atoms with van der Waals surface area (Å²) < 4.78 is 27.3. The Morgan fingerprint density at radius 2 is 1.59 bits per heavy atom. The first-order valence-corrected chi connectivity index (χ1v) is 7.75. The number of nitrogens with one attached hydrogen (secondary N) is 1. The van der Waals surface area contributed by atoms with E-state index in [4.69, 9.17) is 23.2 Å². The molecule has 0 spiro atoms. The topological polar surface area (TPSA) is 46.2 Å². The summed E-state index contributed by atoms with van der Waals surface area (Å²) in [5, 5.41) is 0.169. The van der Waals surface area contributed by atoms with Crippen molar-refractivity contribution in [3.63, 3.8) is 0 Å². The van der Waals surface area contributed by atoms with Crippen LogP contribution in [0.5, 0.6) is 0 Å². The highest BCUT2D eigenvalue weighted by molar-refractivity contribution is 9.10. The quantitative estimate of drug-likeness (QED) is 0.870. The van der Waals surface area contributed by atoms with Crippen molar-refractivity contribution in [2.24, 2.45) is 0 Å².